The number of likely N-dealkylation sites (N-methyl/N-ethyl adjacent to an activating group) is 1. The Morgan fingerprint density at radius 2 is 2.10 bits per heavy atom. The molecule has 0 spiro atoms. The quantitative estimate of drug-likeness (QED) is 0.801. The predicted octanol–water partition coefficient (Wildman–Crippen LogP) is 0.707. The number of rotatable bonds is 4. The lowest BCUT2D eigenvalue weighted by Crippen LogP contribution is -2.45. The van der Waals surface area contributed by atoms with Gasteiger partial charge in [-0.15, -0.1) is 0 Å². The van der Waals surface area contributed by atoms with Gasteiger partial charge in [-0.3, -0.25) is 0 Å². The molecule has 0 aliphatic carbocycles. The molecule has 1 aromatic carbocycles. The average molecular weight is 312 g/mol. The third-order valence-corrected chi connectivity index (χ3v) is 5.46. The van der Waals surface area contributed by atoms with E-state index in [2.05, 4.69) is 28.6 Å². The van der Waals surface area contributed by atoms with Gasteiger partial charge in [0.1, 0.15) is 0 Å². The summed E-state index contributed by atoms with van der Waals surface area (Å²) in [7, 11) is 2.11. The molecule has 0 amide bonds. The highest BCUT2D eigenvalue weighted by molar-refractivity contribution is 7.89. The van der Waals surface area contributed by atoms with Crippen LogP contribution in [0.5, 0.6) is 0 Å². The zero-order chi connectivity index (χ0) is 15.6. The summed E-state index contributed by atoms with van der Waals surface area (Å²) in [6.45, 7) is 1.86. The summed E-state index contributed by atoms with van der Waals surface area (Å²) in [4.78, 5) is 4.66. The lowest BCUT2D eigenvalue weighted by Gasteiger charge is -2.38. The van der Waals surface area contributed by atoms with E-state index in [1.165, 1.54) is 19.5 Å². The first kappa shape index (κ1) is 16.1. The van der Waals surface area contributed by atoms with Crippen molar-refractivity contribution in [3.8, 4) is 0 Å². The number of benzene rings is 1. The second kappa shape index (κ2) is 6.21. The normalized spacial score (nSPS) is 20.0. The van der Waals surface area contributed by atoms with E-state index in [1.807, 2.05) is 0 Å². The van der Waals surface area contributed by atoms with Gasteiger partial charge in [0.2, 0.25) is 10.0 Å². The van der Waals surface area contributed by atoms with E-state index in [4.69, 9.17) is 5.73 Å². The molecule has 0 radical (unpaired) electrons. The number of anilines is 2. The molecule has 1 saturated heterocycles. The number of hydrogen-bond acceptors (Lipinski definition) is 5. The standard InChI is InChI=1S/C14H24N4O2S/c1-16-21(19,20)12-6-7-14(13(15)9-12)18-8-4-5-11(10-18)17(2)3/h6-7,9,11,16H,4-5,8,10,15H2,1-3H3. The van der Waals surface area contributed by atoms with Crippen LogP contribution in [0.4, 0.5) is 11.4 Å². The molecule has 21 heavy (non-hydrogen) atoms. The van der Waals surface area contributed by atoms with Gasteiger partial charge in [0.15, 0.2) is 0 Å². The molecule has 7 heteroatoms. The molecule has 1 unspecified atom stereocenters. The Kier molecular flexibility index (Phi) is 4.75. The predicted molar refractivity (Wildman–Crippen MR) is 86.0 cm³/mol. The van der Waals surface area contributed by atoms with E-state index < -0.39 is 10.0 Å². The first-order chi connectivity index (χ1) is 9.85. The Labute approximate surface area is 127 Å². The van der Waals surface area contributed by atoms with E-state index in [-0.39, 0.29) is 4.90 Å². The Bertz CT molecular complexity index is 601. The van der Waals surface area contributed by atoms with Gasteiger partial charge in [-0.25, -0.2) is 13.1 Å². The Balaban J connectivity index is 2.25. The smallest absolute Gasteiger partial charge is 0.240 e. The van der Waals surface area contributed by atoms with Crippen LogP contribution in [0.25, 0.3) is 0 Å². The van der Waals surface area contributed by atoms with Gasteiger partial charge >= 0.3 is 0 Å². The van der Waals surface area contributed by atoms with Gasteiger partial charge in [0.05, 0.1) is 16.3 Å². The zero-order valence-electron chi connectivity index (χ0n) is 12.8. The molecule has 0 bridgehead atoms. The van der Waals surface area contributed by atoms with Crippen molar-refractivity contribution >= 4 is 21.4 Å². The van der Waals surface area contributed by atoms with Crippen molar-refractivity contribution in [1.29, 1.82) is 0 Å². The van der Waals surface area contributed by atoms with Gasteiger partial charge < -0.3 is 15.5 Å². The molecule has 118 valence electrons. The first-order valence-electron chi connectivity index (χ1n) is 7.09. The third kappa shape index (κ3) is 3.48. The highest BCUT2D eigenvalue weighted by Crippen LogP contribution is 2.29. The molecular weight excluding hydrogens is 288 g/mol. The van der Waals surface area contributed by atoms with Crippen LogP contribution in [0.2, 0.25) is 0 Å². The van der Waals surface area contributed by atoms with Crippen LogP contribution >= 0.6 is 0 Å². The molecular formula is C14H24N4O2S. The molecule has 0 saturated carbocycles. The Morgan fingerprint density at radius 3 is 2.67 bits per heavy atom. The number of nitrogens with one attached hydrogen (secondary N) is 1. The third-order valence-electron chi connectivity index (χ3n) is 4.05. The average Bonchev–Trinajstić information content (AvgIpc) is 2.47. The second-order valence-corrected chi connectivity index (χ2v) is 7.52. The van der Waals surface area contributed by atoms with Gasteiger partial charge in [-0.2, -0.15) is 0 Å². The van der Waals surface area contributed by atoms with Crippen molar-refractivity contribution in [2.45, 2.75) is 23.8 Å². The molecule has 1 aliphatic rings. The van der Waals surface area contributed by atoms with Crippen LogP contribution in [0.15, 0.2) is 23.1 Å². The number of nitrogen functional groups attached to an aromatic ring is 1. The highest BCUT2D eigenvalue weighted by Gasteiger charge is 2.23. The lowest BCUT2D eigenvalue weighted by atomic mass is 10.0. The topological polar surface area (TPSA) is 78.7 Å². The van der Waals surface area contributed by atoms with Crippen molar-refractivity contribution in [2.75, 3.05) is 44.9 Å². The van der Waals surface area contributed by atoms with E-state index >= 15 is 0 Å². The fourth-order valence-electron chi connectivity index (χ4n) is 2.70. The minimum absolute atomic E-state index is 0.201. The van der Waals surface area contributed by atoms with E-state index in [0.29, 0.717) is 11.7 Å². The molecule has 1 heterocycles. The van der Waals surface area contributed by atoms with Crippen molar-refractivity contribution in [3.63, 3.8) is 0 Å². The maximum Gasteiger partial charge on any atom is 0.240 e. The SMILES string of the molecule is CNS(=O)(=O)c1ccc(N2CCCC(N(C)C)C2)c(N)c1. The largest absolute Gasteiger partial charge is 0.397 e. The van der Waals surface area contributed by atoms with Crippen molar-refractivity contribution < 1.29 is 8.42 Å². The molecule has 2 rings (SSSR count). The second-order valence-electron chi connectivity index (χ2n) is 5.63. The molecule has 1 atom stereocenters. The summed E-state index contributed by atoms with van der Waals surface area (Å²) in [6, 6.07) is 5.44. The molecule has 3 N–H and O–H groups in total. The molecule has 6 nitrogen and oxygen atoms in total. The molecule has 1 fully saturated rings. The number of nitrogens with zero attached hydrogens (tertiary/aromatic N) is 2. The number of piperidine rings is 1. The maximum absolute atomic E-state index is 11.8. The minimum Gasteiger partial charge on any atom is -0.397 e. The highest BCUT2D eigenvalue weighted by atomic mass is 32.2. The maximum atomic E-state index is 11.8. The summed E-state index contributed by atoms with van der Waals surface area (Å²) in [6.07, 6.45) is 2.29. The Hall–Kier alpha value is -1.31. The summed E-state index contributed by atoms with van der Waals surface area (Å²) in [5.41, 5.74) is 7.50. The minimum atomic E-state index is -3.45. The van der Waals surface area contributed by atoms with Crippen LogP contribution in [0, 0.1) is 0 Å². The van der Waals surface area contributed by atoms with Crippen LogP contribution in [0.1, 0.15) is 12.8 Å². The lowest BCUT2D eigenvalue weighted by molar-refractivity contribution is 0.258. The van der Waals surface area contributed by atoms with Crippen LogP contribution in [-0.2, 0) is 10.0 Å². The van der Waals surface area contributed by atoms with Gasteiger partial charge in [-0.05, 0) is 52.2 Å². The van der Waals surface area contributed by atoms with E-state index in [1.54, 1.807) is 12.1 Å². The Morgan fingerprint density at radius 1 is 1.38 bits per heavy atom. The van der Waals surface area contributed by atoms with Gasteiger partial charge in [0, 0.05) is 19.1 Å². The van der Waals surface area contributed by atoms with Crippen LogP contribution in [-0.4, -0.2) is 53.6 Å². The van der Waals surface area contributed by atoms with Crippen LogP contribution in [0.3, 0.4) is 0 Å². The number of nitrogens with two attached hydrogens (primary N) is 1. The first-order valence-corrected chi connectivity index (χ1v) is 8.58. The zero-order valence-corrected chi connectivity index (χ0v) is 13.7. The fraction of sp³-hybridized carbons (Fsp3) is 0.571. The molecule has 1 aromatic rings. The van der Waals surface area contributed by atoms with Gasteiger partial charge in [-0.1, -0.05) is 0 Å². The van der Waals surface area contributed by atoms with Crippen molar-refractivity contribution in [2.24, 2.45) is 0 Å². The fourth-order valence-corrected chi connectivity index (χ4v) is 3.47. The summed E-state index contributed by atoms with van der Waals surface area (Å²) >= 11 is 0. The van der Waals surface area contributed by atoms with E-state index in [9.17, 15) is 8.42 Å². The number of hydrogen-bond donors (Lipinski definition) is 2. The van der Waals surface area contributed by atoms with Crippen molar-refractivity contribution in [3.05, 3.63) is 18.2 Å². The van der Waals surface area contributed by atoms with Crippen LogP contribution < -0.4 is 15.4 Å². The van der Waals surface area contributed by atoms with E-state index in [0.717, 1.165) is 25.2 Å². The summed E-state index contributed by atoms with van der Waals surface area (Å²) < 4.78 is 25.9. The monoisotopic (exact) mass is 312 g/mol. The number of sulfonamides is 1. The summed E-state index contributed by atoms with van der Waals surface area (Å²) in [5.74, 6) is 0. The molecule has 1 aliphatic heterocycles. The summed E-state index contributed by atoms with van der Waals surface area (Å²) in [5, 5.41) is 0. The van der Waals surface area contributed by atoms with Crippen molar-refractivity contribution in [1.82, 2.24) is 9.62 Å². The van der Waals surface area contributed by atoms with Gasteiger partial charge in [0.25, 0.3) is 0 Å². The molecule has 0 aromatic heterocycles.